The summed E-state index contributed by atoms with van der Waals surface area (Å²) in [5.74, 6) is -2.13. The molecule has 1 aromatic carbocycles. The van der Waals surface area contributed by atoms with Crippen LogP contribution in [0.4, 0.5) is 0 Å². The van der Waals surface area contributed by atoms with Gasteiger partial charge in [0, 0.05) is 52.2 Å². The maximum atomic E-state index is 10.3. The Balaban J connectivity index is 0.000000368. The fourth-order valence-corrected chi connectivity index (χ4v) is 5.30. The van der Waals surface area contributed by atoms with Crippen LogP contribution in [0.5, 0.6) is 0 Å². The maximum absolute atomic E-state index is 10.3. The van der Waals surface area contributed by atoms with Gasteiger partial charge in [0.1, 0.15) is 12.0 Å². The monoisotopic (exact) mass is 539 g/mol. The molecule has 0 amide bonds. The average molecular weight is 540 g/mol. The third-order valence-corrected chi connectivity index (χ3v) is 7.22. The first-order valence-corrected chi connectivity index (χ1v) is 12.9. The van der Waals surface area contributed by atoms with Crippen molar-refractivity contribution in [2.45, 2.75) is 50.2 Å². The summed E-state index contributed by atoms with van der Waals surface area (Å²) in [6, 6.07) is 10.0. The lowest BCUT2D eigenvalue weighted by molar-refractivity contribution is -0.134. The largest absolute Gasteiger partial charge is 0.478 e. The summed E-state index contributed by atoms with van der Waals surface area (Å²) in [6.45, 7) is 2.01. The van der Waals surface area contributed by atoms with Gasteiger partial charge in [0.2, 0.25) is 0 Å². The van der Waals surface area contributed by atoms with Crippen molar-refractivity contribution in [3.05, 3.63) is 65.7 Å². The van der Waals surface area contributed by atoms with Crippen molar-refractivity contribution in [3.63, 3.8) is 0 Å². The zero-order valence-electron chi connectivity index (χ0n) is 20.7. The number of aliphatic carboxylic acids is 2. The number of aliphatic hydroxyl groups is 1. The van der Waals surface area contributed by atoms with Gasteiger partial charge in [-0.05, 0) is 63.4 Å². The number of aliphatic hydroxyl groups excluding tert-OH is 1. The van der Waals surface area contributed by atoms with Gasteiger partial charge in [-0.2, -0.15) is 5.10 Å². The number of hydrogen-bond acceptors (Lipinski definition) is 7. The quantitative estimate of drug-likeness (QED) is 0.340. The number of H-pyrrole nitrogens is 1. The first kappa shape index (κ1) is 27.4. The molecular weight excluding hydrogens is 510 g/mol. The van der Waals surface area contributed by atoms with Crippen LogP contribution >= 0.6 is 11.6 Å². The van der Waals surface area contributed by atoms with E-state index in [1.165, 1.54) is 0 Å². The Morgan fingerprint density at radius 2 is 1.68 bits per heavy atom. The highest BCUT2D eigenvalue weighted by molar-refractivity contribution is 6.30. The van der Waals surface area contributed by atoms with Crippen LogP contribution in [0.25, 0.3) is 22.5 Å². The van der Waals surface area contributed by atoms with E-state index in [0.717, 1.165) is 73.4 Å². The number of carbonyl (C=O) groups is 2. The van der Waals surface area contributed by atoms with Gasteiger partial charge in [-0.1, -0.05) is 23.7 Å². The molecule has 2 aromatic heterocycles. The summed E-state index contributed by atoms with van der Waals surface area (Å²) in [5, 5.41) is 34.6. The topological polar surface area (TPSA) is 153 Å². The van der Waals surface area contributed by atoms with E-state index in [0.29, 0.717) is 29.1 Å². The summed E-state index contributed by atoms with van der Waals surface area (Å²) >= 11 is 6.09. The summed E-state index contributed by atoms with van der Waals surface area (Å²) < 4.78 is 0. The molecule has 200 valence electrons. The van der Waals surface area contributed by atoms with Crippen molar-refractivity contribution >= 4 is 23.5 Å². The number of hydrogen-bond donors (Lipinski definition) is 4. The Bertz CT molecular complexity index is 1240. The predicted octanol–water partition coefficient (Wildman–Crippen LogP) is 3.99. The molecule has 1 aliphatic carbocycles. The van der Waals surface area contributed by atoms with Crippen molar-refractivity contribution in [2.24, 2.45) is 0 Å². The Labute approximate surface area is 225 Å². The lowest BCUT2D eigenvalue weighted by Gasteiger charge is -2.37. The van der Waals surface area contributed by atoms with Crippen molar-refractivity contribution < 1.29 is 24.9 Å². The lowest BCUT2D eigenvalue weighted by atomic mass is 9.88. The molecule has 2 aliphatic rings. The normalized spacial score (nSPS) is 20.3. The van der Waals surface area contributed by atoms with Crippen molar-refractivity contribution in [1.29, 1.82) is 0 Å². The molecule has 1 saturated heterocycles. The maximum Gasteiger partial charge on any atom is 0.328 e. The number of benzene rings is 1. The molecule has 10 nitrogen and oxygen atoms in total. The molecule has 0 bridgehead atoms. The molecule has 3 aromatic rings. The van der Waals surface area contributed by atoms with E-state index in [1.807, 2.05) is 30.3 Å². The number of halogens is 1. The van der Waals surface area contributed by atoms with Crippen LogP contribution in [-0.4, -0.2) is 77.6 Å². The minimum atomic E-state index is -1.26. The molecule has 38 heavy (non-hydrogen) atoms. The van der Waals surface area contributed by atoms with E-state index in [-0.39, 0.29) is 6.10 Å². The second-order valence-electron chi connectivity index (χ2n) is 9.35. The number of likely N-dealkylation sites (tertiary alicyclic amines) is 1. The molecule has 2 fully saturated rings. The van der Waals surface area contributed by atoms with Crippen LogP contribution in [0.3, 0.4) is 0 Å². The Kier molecular flexibility index (Phi) is 9.22. The minimum Gasteiger partial charge on any atom is -0.478 e. The minimum absolute atomic E-state index is 0.165. The zero-order chi connectivity index (χ0) is 27.1. The molecule has 0 spiro atoms. The van der Waals surface area contributed by atoms with Gasteiger partial charge in [-0.25, -0.2) is 19.6 Å². The predicted molar refractivity (Wildman–Crippen MR) is 142 cm³/mol. The number of piperidine rings is 1. The standard InChI is InChI=1S/C23H26ClN5O.C4H4O4/c24-17-6-4-15(5-7-17)22-21(18-8-11-25-14-26-18)23(28-27-22)16-9-12-29(13-10-16)19-2-1-3-20(19)30;5-3(6)1-2-4(7)8/h4-8,11,14,16,19-20,30H,1-3,9-10,12-13H2,(H,27,28);1-2H,(H,5,6)(H,7,8)/b;2-1+. The summed E-state index contributed by atoms with van der Waals surface area (Å²) in [4.78, 5) is 30.2. The number of carboxylic acids is 2. The van der Waals surface area contributed by atoms with Crippen LogP contribution in [0.2, 0.25) is 5.02 Å². The summed E-state index contributed by atoms with van der Waals surface area (Å²) in [6.07, 6.45) is 9.58. The van der Waals surface area contributed by atoms with E-state index in [9.17, 15) is 14.7 Å². The average Bonchev–Trinajstić information content (AvgIpc) is 3.55. The number of nitrogens with zero attached hydrogens (tertiary/aromatic N) is 4. The number of aromatic amines is 1. The Morgan fingerprint density at radius 3 is 2.24 bits per heavy atom. The molecule has 2 unspecified atom stereocenters. The first-order valence-electron chi connectivity index (χ1n) is 12.5. The van der Waals surface area contributed by atoms with Crippen LogP contribution in [-0.2, 0) is 9.59 Å². The molecule has 3 heterocycles. The lowest BCUT2D eigenvalue weighted by Crippen LogP contribution is -2.44. The second-order valence-corrected chi connectivity index (χ2v) is 9.78. The Morgan fingerprint density at radius 1 is 1.00 bits per heavy atom. The number of aromatic nitrogens is 4. The van der Waals surface area contributed by atoms with E-state index in [4.69, 9.17) is 26.9 Å². The van der Waals surface area contributed by atoms with Gasteiger partial charge >= 0.3 is 11.9 Å². The smallest absolute Gasteiger partial charge is 0.328 e. The fraction of sp³-hybridized carbons (Fsp3) is 0.370. The van der Waals surface area contributed by atoms with Gasteiger partial charge in [0.15, 0.2) is 0 Å². The molecule has 11 heteroatoms. The third-order valence-electron chi connectivity index (χ3n) is 6.97. The number of rotatable bonds is 6. The van der Waals surface area contributed by atoms with Crippen LogP contribution in [0.1, 0.15) is 43.7 Å². The number of carboxylic acid groups (broad SMARTS) is 2. The number of nitrogens with one attached hydrogen (secondary N) is 1. The van der Waals surface area contributed by atoms with E-state index < -0.39 is 11.9 Å². The first-order chi connectivity index (χ1) is 18.3. The molecular formula is C27H30ClN5O5. The van der Waals surface area contributed by atoms with Crippen LogP contribution in [0, 0.1) is 0 Å². The van der Waals surface area contributed by atoms with Gasteiger partial charge < -0.3 is 15.3 Å². The molecule has 1 aliphatic heterocycles. The van der Waals surface area contributed by atoms with Gasteiger partial charge in [0.05, 0.1) is 11.8 Å². The van der Waals surface area contributed by atoms with E-state index in [2.05, 4.69) is 20.0 Å². The highest BCUT2D eigenvalue weighted by atomic mass is 35.5. The highest BCUT2D eigenvalue weighted by Crippen LogP contribution is 2.40. The summed E-state index contributed by atoms with van der Waals surface area (Å²) in [5.41, 5.74) is 4.99. The van der Waals surface area contributed by atoms with Gasteiger partial charge in [-0.3, -0.25) is 10.00 Å². The zero-order valence-corrected chi connectivity index (χ0v) is 21.5. The van der Waals surface area contributed by atoms with Crippen LogP contribution < -0.4 is 0 Å². The molecule has 4 N–H and O–H groups in total. The van der Waals surface area contributed by atoms with E-state index in [1.54, 1.807) is 12.5 Å². The molecule has 2 atom stereocenters. The van der Waals surface area contributed by atoms with Crippen molar-refractivity contribution in [2.75, 3.05) is 13.1 Å². The molecule has 1 saturated carbocycles. The SMILES string of the molecule is O=C(O)/C=C/C(=O)O.OC1CCCC1N1CCC(c2[nH]nc(-c3ccc(Cl)cc3)c2-c2ccncn2)CC1. The van der Waals surface area contributed by atoms with Gasteiger partial charge in [-0.15, -0.1) is 0 Å². The molecule has 0 radical (unpaired) electrons. The van der Waals surface area contributed by atoms with Crippen molar-refractivity contribution in [3.8, 4) is 22.5 Å². The van der Waals surface area contributed by atoms with Gasteiger partial charge in [0.25, 0.3) is 0 Å². The third kappa shape index (κ3) is 6.83. The van der Waals surface area contributed by atoms with Crippen LogP contribution in [0.15, 0.2) is 55.0 Å². The highest BCUT2D eigenvalue weighted by Gasteiger charge is 2.34. The van der Waals surface area contributed by atoms with E-state index >= 15 is 0 Å². The summed E-state index contributed by atoms with van der Waals surface area (Å²) in [7, 11) is 0. The Hall–Kier alpha value is -3.60. The van der Waals surface area contributed by atoms with Crippen molar-refractivity contribution in [1.82, 2.24) is 25.1 Å². The molecule has 5 rings (SSSR count). The fourth-order valence-electron chi connectivity index (χ4n) is 5.17. The second kappa shape index (κ2) is 12.8.